The number of nitrogens with one attached hydrogen (secondary N) is 1. The molecule has 0 amide bonds. The highest BCUT2D eigenvalue weighted by molar-refractivity contribution is 7.23. The second-order valence-corrected chi connectivity index (χ2v) is 5.53. The van der Waals surface area contributed by atoms with Gasteiger partial charge < -0.3 is 0 Å². The van der Waals surface area contributed by atoms with Gasteiger partial charge >= 0.3 is 0 Å². The monoisotopic (exact) mass is 275 g/mol. The number of hydrogen-bond acceptors (Lipinski definition) is 6. The van der Waals surface area contributed by atoms with E-state index >= 15 is 0 Å². The van der Waals surface area contributed by atoms with Gasteiger partial charge in [0.25, 0.3) is 5.56 Å². The molecule has 4 heterocycles. The van der Waals surface area contributed by atoms with Crippen molar-refractivity contribution in [1.29, 1.82) is 0 Å². The summed E-state index contributed by atoms with van der Waals surface area (Å²) < 4.78 is 1.66. The van der Waals surface area contributed by atoms with Crippen LogP contribution in [0.1, 0.15) is 0 Å². The van der Waals surface area contributed by atoms with Crippen molar-refractivity contribution < 1.29 is 0 Å². The van der Waals surface area contributed by atoms with Gasteiger partial charge in [-0.1, -0.05) is 17.4 Å². The highest BCUT2D eigenvalue weighted by atomic mass is 32.1. The second kappa shape index (κ2) is 3.47. The molecule has 0 radical (unpaired) electrons. The van der Waals surface area contributed by atoms with Gasteiger partial charge in [0, 0.05) is 0 Å². The van der Waals surface area contributed by atoms with Crippen molar-refractivity contribution in [3.05, 3.63) is 34.1 Å². The standard InChI is InChI=1S/C10H5N5OS2/c16-8-7-5(4-11-13-8)15-10(12-7)18-9(14-15)6-2-1-3-17-6/h1-4H,(H,13,16). The lowest BCUT2D eigenvalue weighted by atomic mass is 10.5. The van der Waals surface area contributed by atoms with E-state index in [9.17, 15) is 4.79 Å². The number of hydrogen-bond donors (Lipinski definition) is 1. The number of aromatic amines is 1. The summed E-state index contributed by atoms with van der Waals surface area (Å²) in [6.45, 7) is 0. The zero-order chi connectivity index (χ0) is 12.1. The van der Waals surface area contributed by atoms with Crippen LogP contribution in [-0.2, 0) is 0 Å². The normalized spacial score (nSPS) is 11.6. The fourth-order valence-corrected chi connectivity index (χ4v) is 3.45. The quantitative estimate of drug-likeness (QED) is 0.574. The van der Waals surface area contributed by atoms with Gasteiger partial charge in [-0.05, 0) is 11.4 Å². The SMILES string of the molecule is O=c1[nH]ncc2c1nc1sc(-c3cccs3)nn12. The van der Waals surface area contributed by atoms with E-state index in [0.717, 1.165) is 9.88 Å². The predicted octanol–water partition coefficient (Wildman–Crippen LogP) is 1.76. The largest absolute Gasteiger partial charge is 0.292 e. The minimum absolute atomic E-state index is 0.289. The molecule has 6 nitrogen and oxygen atoms in total. The van der Waals surface area contributed by atoms with Crippen LogP contribution in [0.15, 0.2) is 28.5 Å². The van der Waals surface area contributed by atoms with Crippen LogP contribution in [0.2, 0.25) is 0 Å². The average molecular weight is 275 g/mol. The third kappa shape index (κ3) is 1.27. The molecule has 18 heavy (non-hydrogen) atoms. The van der Waals surface area contributed by atoms with Gasteiger partial charge in [-0.15, -0.1) is 11.3 Å². The summed E-state index contributed by atoms with van der Waals surface area (Å²) in [4.78, 5) is 17.6. The van der Waals surface area contributed by atoms with Gasteiger partial charge in [0.15, 0.2) is 10.5 Å². The van der Waals surface area contributed by atoms with Crippen molar-refractivity contribution in [2.45, 2.75) is 0 Å². The Balaban J connectivity index is 2.08. The van der Waals surface area contributed by atoms with E-state index in [1.165, 1.54) is 11.3 Å². The summed E-state index contributed by atoms with van der Waals surface area (Å²) in [5.74, 6) is 0. The summed E-state index contributed by atoms with van der Waals surface area (Å²) in [6.07, 6.45) is 1.56. The maximum Gasteiger partial charge on any atom is 0.292 e. The number of H-pyrrole nitrogens is 1. The van der Waals surface area contributed by atoms with E-state index in [4.69, 9.17) is 0 Å². The Bertz CT molecular complexity index is 901. The van der Waals surface area contributed by atoms with Crippen molar-refractivity contribution in [3.8, 4) is 9.88 Å². The molecular formula is C10H5N5OS2. The molecule has 0 spiro atoms. The van der Waals surface area contributed by atoms with E-state index in [-0.39, 0.29) is 5.56 Å². The molecule has 1 N–H and O–H groups in total. The topological polar surface area (TPSA) is 75.9 Å². The van der Waals surface area contributed by atoms with E-state index in [1.807, 2.05) is 17.5 Å². The highest BCUT2D eigenvalue weighted by Gasteiger charge is 2.14. The second-order valence-electron chi connectivity index (χ2n) is 3.62. The van der Waals surface area contributed by atoms with Crippen molar-refractivity contribution in [3.63, 3.8) is 0 Å². The molecule has 0 bridgehead atoms. The Morgan fingerprint density at radius 2 is 2.33 bits per heavy atom. The molecule has 0 aliphatic carbocycles. The van der Waals surface area contributed by atoms with Crippen LogP contribution in [0.4, 0.5) is 0 Å². The molecular weight excluding hydrogens is 270 g/mol. The highest BCUT2D eigenvalue weighted by Crippen LogP contribution is 2.30. The molecule has 0 unspecified atom stereocenters. The molecule has 4 rings (SSSR count). The summed E-state index contributed by atoms with van der Waals surface area (Å²) >= 11 is 3.09. The number of imidazole rings is 1. The first-order chi connectivity index (χ1) is 8.83. The lowest BCUT2D eigenvalue weighted by molar-refractivity contribution is 0.975. The minimum Gasteiger partial charge on any atom is -0.265 e. The Morgan fingerprint density at radius 1 is 1.39 bits per heavy atom. The third-order valence-electron chi connectivity index (χ3n) is 2.54. The molecule has 0 aliphatic rings. The molecule has 88 valence electrons. The predicted molar refractivity (Wildman–Crippen MR) is 70.1 cm³/mol. The number of thiophene rings is 1. The Morgan fingerprint density at radius 3 is 3.17 bits per heavy atom. The first-order valence-corrected chi connectivity index (χ1v) is 6.79. The fourth-order valence-electron chi connectivity index (χ4n) is 1.75. The zero-order valence-corrected chi connectivity index (χ0v) is 10.5. The average Bonchev–Trinajstić information content (AvgIpc) is 3.03. The van der Waals surface area contributed by atoms with Crippen molar-refractivity contribution in [1.82, 2.24) is 24.8 Å². The summed E-state index contributed by atoms with van der Waals surface area (Å²) in [5, 5.41) is 13.5. The van der Waals surface area contributed by atoms with E-state index < -0.39 is 0 Å². The Labute approximate surface area is 108 Å². The maximum atomic E-state index is 11.5. The smallest absolute Gasteiger partial charge is 0.265 e. The summed E-state index contributed by atoms with van der Waals surface area (Å²) in [5.41, 5.74) is 0.720. The van der Waals surface area contributed by atoms with E-state index in [1.54, 1.807) is 22.0 Å². The molecule has 0 aromatic carbocycles. The van der Waals surface area contributed by atoms with Crippen molar-refractivity contribution >= 4 is 38.7 Å². The van der Waals surface area contributed by atoms with E-state index in [0.29, 0.717) is 16.0 Å². The molecule has 0 fully saturated rings. The molecule has 4 aromatic heterocycles. The minimum atomic E-state index is -0.289. The summed E-state index contributed by atoms with van der Waals surface area (Å²) in [7, 11) is 0. The zero-order valence-electron chi connectivity index (χ0n) is 8.82. The van der Waals surface area contributed by atoms with Crippen LogP contribution in [0.3, 0.4) is 0 Å². The van der Waals surface area contributed by atoms with Crippen LogP contribution in [-0.4, -0.2) is 24.8 Å². The first-order valence-electron chi connectivity index (χ1n) is 5.10. The fraction of sp³-hybridized carbons (Fsp3) is 0. The Kier molecular flexibility index (Phi) is 1.91. The van der Waals surface area contributed by atoms with Gasteiger partial charge in [-0.3, -0.25) is 4.79 Å². The number of nitrogens with zero attached hydrogens (tertiary/aromatic N) is 4. The van der Waals surface area contributed by atoms with Crippen LogP contribution in [0.25, 0.3) is 25.9 Å². The maximum absolute atomic E-state index is 11.5. The molecule has 0 atom stereocenters. The van der Waals surface area contributed by atoms with Gasteiger partial charge in [0.2, 0.25) is 4.96 Å². The molecule has 0 saturated carbocycles. The number of rotatable bonds is 1. The van der Waals surface area contributed by atoms with Gasteiger partial charge in [0.05, 0.1) is 11.1 Å². The van der Waals surface area contributed by atoms with Gasteiger partial charge in [-0.2, -0.15) is 10.2 Å². The van der Waals surface area contributed by atoms with Crippen LogP contribution in [0.5, 0.6) is 0 Å². The van der Waals surface area contributed by atoms with Gasteiger partial charge in [0.1, 0.15) is 5.52 Å². The third-order valence-corrected chi connectivity index (χ3v) is 4.49. The molecule has 4 aromatic rings. The summed E-state index contributed by atoms with van der Waals surface area (Å²) in [6, 6.07) is 3.99. The lowest BCUT2D eigenvalue weighted by Gasteiger charge is -1.88. The number of fused-ring (bicyclic) bond motifs is 3. The molecule has 0 aliphatic heterocycles. The molecule has 0 saturated heterocycles. The van der Waals surface area contributed by atoms with Crippen molar-refractivity contribution in [2.24, 2.45) is 0 Å². The Hall–Kier alpha value is -2.06. The van der Waals surface area contributed by atoms with Crippen LogP contribution in [0, 0.1) is 0 Å². The first kappa shape index (κ1) is 9.92. The lowest BCUT2D eigenvalue weighted by Crippen LogP contribution is -2.07. The van der Waals surface area contributed by atoms with E-state index in [2.05, 4.69) is 20.3 Å². The van der Waals surface area contributed by atoms with Crippen LogP contribution < -0.4 is 5.56 Å². The number of aromatic nitrogens is 5. The van der Waals surface area contributed by atoms with Crippen LogP contribution >= 0.6 is 22.7 Å². The van der Waals surface area contributed by atoms with Crippen molar-refractivity contribution in [2.75, 3.05) is 0 Å². The molecule has 8 heteroatoms. The van der Waals surface area contributed by atoms with Gasteiger partial charge in [-0.25, -0.2) is 14.6 Å².